The highest BCUT2D eigenvalue weighted by molar-refractivity contribution is 5.73. The molecule has 0 aliphatic heterocycles. The van der Waals surface area contributed by atoms with Gasteiger partial charge in [-0.05, 0) is 19.1 Å². The van der Waals surface area contributed by atoms with Crippen molar-refractivity contribution < 1.29 is 14.3 Å². The molecule has 0 aliphatic rings. The van der Waals surface area contributed by atoms with Crippen LogP contribution in [0.3, 0.4) is 0 Å². The lowest BCUT2D eigenvalue weighted by Gasteiger charge is -2.19. The third-order valence-electron chi connectivity index (χ3n) is 2.56. The van der Waals surface area contributed by atoms with Gasteiger partial charge in [0.1, 0.15) is 6.61 Å². The minimum Gasteiger partial charge on any atom is -0.490 e. The van der Waals surface area contributed by atoms with Crippen molar-refractivity contribution >= 4 is 5.91 Å². The van der Waals surface area contributed by atoms with Gasteiger partial charge in [-0.3, -0.25) is 4.79 Å². The fourth-order valence-corrected chi connectivity index (χ4v) is 1.64. The van der Waals surface area contributed by atoms with Crippen LogP contribution in [0.25, 0.3) is 0 Å². The van der Waals surface area contributed by atoms with E-state index in [-0.39, 0.29) is 5.91 Å². The van der Waals surface area contributed by atoms with Gasteiger partial charge in [0, 0.05) is 13.5 Å². The number of hydrogen-bond acceptors (Lipinski definition) is 3. The Labute approximate surface area is 114 Å². The fourth-order valence-electron chi connectivity index (χ4n) is 1.64. The van der Waals surface area contributed by atoms with Crippen LogP contribution in [0.1, 0.15) is 13.8 Å². The number of benzene rings is 1. The number of carbonyl (C=O) groups excluding carboxylic acids is 1. The number of ether oxygens (including phenoxy) is 2. The van der Waals surface area contributed by atoms with E-state index in [0.717, 1.165) is 5.75 Å². The van der Waals surface area contributed by atoms with Crippen molar-refractivity contribution in [1.29, 1.82) is 0 Å². The number of para-hydroxylation sites is 2. The summed E-state index contributed by atoms with van der Waals surface area (Å²) in [6.07, 6.45) is 1.70. The summed E-state index contributed by atoms with van der Waals surface area (Å²) >= 11 is 0. The zero-order valence-electron chi connectivity index (χ0n) is 11.6. The van der Waals surface area contributed by atoms with Gasteiger partial charge >= 0.3 is 0 Å². The molecule has 0 atom stereocenters. The van der Waals surface area contributed by atoms with E-state index in [0.29, 0.717) is 32.1 Å². The molecule has 0 spiro atoms. The van der Waals surface area contributed by atoms with Gasteiger partial charge in [-0.15, -0.1) is 6.58 Å². The van der Waals surface area contributed by atoms with Gasteiger partial charge in [0.05, 0.1) is 13.2 Å². The maximum atomic E-state index is 11.3. The minimum absolute atomic E-state index is 0.0154. The van der Waals surface area contributed by atoms with Crippen LogP contribution in [-0.4, -0.2) is 37.1 Å². The molecule has 104 valence electrons. The second kappa shape index (κ2) is 8.19. The molecule has 0 radical (unpaired) electrons. The summed E-state index contributed by atoms with van der Waals surface area (Å²) in [5.41, 5.74) is 0. The first-order valence-electron chi connectivity index (χ1n) is 6.40. The lowest BCUT2D eigenvalue weighted by atomic mass is 10.3. The molecule has 1 rings (SSSR count). The van der Waals surface area contributed by atoms with Crippen molar-refractivity contribution in [3.05, 3.63) is 36.9 Å². The van der Waals surface area contributed by atoms with Gasteiger partial charge in [0.15, 0.2) is 11.5 Å². The molecule has 0 saturated heterocycles. The molecule has 0 heterocycles. The Morgan fingerprint density at radius 2 is 1.95 bits per heavy atom. The van der Waals surface area contributed by atoms with Crippen LogP contribution in [-0.2, 0) is 4.79 Å². The minimum atomic E-state index is 0.0154. The van der Waals surface area contributed by atoms with Crippen molar-refractivity contribution in [2.24, 2.45) is 0 Å². The first kappa shape index (κ1) is 15.1. The van der Waals surface area contributed by atoms with Gasteiger partial charge in [-0.2, -0.15) is 0 Å². The van der Waals surface area contributed by atoms with E-state index < -0.39 is 0 Å². The van der Waals surface area contributed by atoms with Crippen molar-refractivity contribution in [2.75, 3.05) is 26.3 Å². The molecular weight excluding hydrogens is 242 g/mol. The van der Waals surface area contributed by atoms with Gasteiger partial charge in [0.25, 0.3) is 0 Å². The molecule has 0 bridgehead atoms. The summed E-state index contributed by atoms with van der Waals surface area (Å²) in [6.45, 7) is 9.19. The van der Waals surface area contributed by atoms with Gasteiger partial charge < -0.3 is 14.4 Å². The van der Waals surface area contributed by atoms with E-state index in [2.05, 4.69) is 6.58 Å². The van der Waals surface area contributed by atoms with Crippen LogP contribution in [0.4, 0.5) is 0 Å². The molecule has 0 N–H and O–H groups in total. The lowest BCUT2D eigenvalue weighted by molar-refractivity contribution is -0.128. The monoisotopic (exact) mass is 263 g/mol. The number of nitrogens with zero attached hydrogens (tertiary/aromatic N) is 1. The number of carbonyl (C=O) groups is 1. The summed E-state index contributed by atoms with van der Waals surface area (Å²) in [5, 5.41) is 0. The first-order chi connectivity index (χ1) is 9.19. The summed E-state index contributed by atoms with van der Waals surface area (Å²) in [5.74, 6) is 1.44. The van der Waals surface area contributed by atoms with E-state index in [9.17, 15) is 4.79 Å². The van der Waals surface area contributed by atoms with E-state index in [1.807, 2.05) is 31.2 Å². The second-order valence-electron chi connectivity index (χ2n) is 3.98. The highest BCUT2D eigenvalue weighted by Gasteiger charge is 2.08. The molecular formula is C15H21NO3. The number of amides is 1. The fraction of sp³-hybridized carbons (Fsp3) is 0.400. The summed E-state index contributed by atoms with van der Waals surface area (Å²) in [4.78, 5) is 13.0. The molecule has 1 aromatic carbocycles. The third kappa shape index (κ3) is 5.04. The third-order valence-corrected chi connectivity index (χ3v) is 2.56. The molecule has 0 aliphatic carbocycles. The average molecular weight is 263 g/mol. The van der Waals surface area contributed by atoms with E-state index >= 15 is 0 Å². The molecule has 4 nitrogen and oxygen atoms in total. The first-order valence-corrected chi connectivity index (χ1v) is 6.40. The van der Waals surface area contributed by atoms with Crippen LogP contribution in [0.5, 0.6) is 11.5 Å². The summed E-state index contributed by atoms with van der Waals surface area (Å²) < 4.78 is 11.1. The Hall–Kier alpha value is -1.97. The Morgan fingerprint density at radius 3 is 2.47 bits per heavy atom. The predicted molar refractivity (Wildman–Crippen MR) is 75.6 cm³/mol. The number of hydrogen-bond donors (Lipinski definition) is 0. The Balaban J connectivity index is 2.52. The molecule has 0 unspecified atom stereocenters. The maximum Gasteiger partial charge on any atom is 0.219 e. The lowest BCUT2D eigenvalue weighted by Crippen LogP contribution is -2.32. The van der Waals surface area contributed by atoms with Crippen LogP contribution in [0.15, 0.2) is 36.9 Å². The standard InChI is InChI=1S/C15H21NO3/c1-4-10-16(13(3)17)11-12-19-15-9-7-6-8-14(15)18-5-2/h4,6-9H,1,5,10-12H2,2-3H3. The molecule has 1 amide bonds. The zero-order valence-corrected chi connectivity index (χ0v) is 11.6. The summed E-state index contributed by atoms with van der Waals surface area (Å²) in [7, 11) is 0. The second-order valence-corrected chi connectivity index (χ2v) is 3.98. The van der Waals surface area contributed by atoms with E-state index in [4.69, 9.17) is 9.47 Å². The molecule has 4 heteroatoms. The molecule has 1 aromatic rings. The highest BCUT2D eigenvalue weighted by Crippen LogP contribution is 2.26. The summed E-state index contributed by atoms with van der Waals surface area (Å²) in [6, 6.07) is 7.52. The topological polar surface area (TPSA) is 38.8 Å². The van der Waals surface area contributed by atoms with Crippen molar-refractivity contribution in [1.82, 2.24) is 4.90 Å². The van der Waals surface area contributed by atoms with Crippen LogP contribution in [0, 0.1) is 0 Å². The van der Waals surface area contributed by atoms with E-state index in [1.54, 1.807) is 11.0 Å². The van der Waals surface area contributed by atoms with Crippen molar-refractivity contribution in [3.63, 3.8) is 0 Å². The molecule has 0 aromatic heterocycles. The predicted octanol–water partition coefficient (Wildman–Crippen LogP) is 2.50. The Bertz CT molecular complexity index is 418. The van der Waals surface area contributed by atoms with Gasteiger partial charge in [-0.25, -0.2) is 0 Å². The molecule has 19 heavy (non-hydrogen) atoms. The largest absolute Gasteiger partial charge is 0.490 e. The van der Waals surface area contributed by atoms with Crippen molar-refractivity contribution in [2.45, 2.75) is 13.8 Å². The van der Waals surface area contributed by atoms with Gasteiger partial charge in [0.2, 0.25) is 5.91 Å². The average Bonchev–Trinajstić information content (AvgIpc) is 2.40. The SMILES string of the molecule is C=CCN(CCOc1ccccc1OCC)C(C)=O. The smallest absolute Gasteiger partial charge is 0.219 e. The number of rotatable bonds is 8. The Kier molecular flexibility index (Phi) is 6.50. The van der Waals surface area contributed by atoms with Crippen LogP contribution >= 0.6 is 0 Å². The zero-order chi connectivity index (χ0) is 14.1. The molecule has 0 saturated carbocycles. The quantitative estimate of drug-likeness (QED) is 0.676. The van der Waals surface area contributed by atoms with Crippen LogP contribution < -0.4 is 9.47 Å². The molecule has 0 fully saturated rings. The highest BCUT2D eigenvalue weighted by atomic mass is 16.5. The van der Waals surface area contributed by atoms with Gasteiger partial charge in [-0.1, -0.05) is 18.2 Å². The van der Waals surface area contributed by atoms with Crippen LogP contribution in [0.2, 0.25) is 0 Å². The van der Waals surface area contributed by atoms with Crippen molar-refractivity contribution in [3.8, 4) is 11.5 Å². The van der Waals surface area contributed by atoms with E-state index in [1.165, 1.54) is 6.92 Å². The maximum absolute atomic E-state index is 11.3. The Morgan fingerprint density at radius 1 is 1.32 bits per heavy atom. The normalized spacial score (nSPS) is 9.79.